The minimum atomic E-state index is -0.0903. The van der Waals surface area contributed by atoms with Gasteiger partial charge in [-0.15, -0.1) is 0 Å². The molecule has 150 valence electrons. The van der Waals surface area contributed by atoms with Crippen LogP contribution in [0.5, 0.6) is 11.5 Å². The lowest BCUT2D eigenvalue weighted by atomic mass is 10.2. The molecule has 1 fully saturated rings. The summed E-state index contributed by atoms with van der Waals surface area (Å²) in [4.78, 5) is 16.8. The third kappa shape index (κ3) is 5.09. The minimum Gasteiger partial charge on any atom is -0.492 e. The van der Waals surface area contributed by atoms with Crippen molar-refractivity contribution in [1.82, 2.24) is 4.90 Å². The number of amides is 2. The van der Waals surface area contributed by atoms with Crippen molar-refractivity contribution in [2.24, 2.45) is 0 Å². The Morgan fingerprint density at radius 1 is 1.04 bits per heavy atom. The Hall–Kier alpha value is -2.89. The number of carbonyl (C=O) groups excluding carboxylic acids is 1. The Morgan fingerprint density at radius 3 is 2.36 bits per heavy atom. The number of piperazine rings is 1. The second-order valence-corrected chi connectivity index (χ2v) is 6.99. The number of rotatable bonds is 6. The molecule has 2 amide bonds. The van der Waals surface area contributed by atoms with Crippen molar-refractivity contribution in [3.8, 4) is 11.5 Å². The van der Waals surface area contributed by atoms with Gasteiger partial charge in [-0.2, -0.15) is 0 Å². The monoisotopic (exact) mass is 383 g/mol. The first-order valence-electron chi connectivity index (χ1n) is 9.86. The van der Waals surface area contributed by atoms with E-state index in [0.717, 1.165) is 24.5 Å². The number of carbonyl (C=O) groups is 1. The maximum atomic E-state index is 12.6. The van der Waals surface area contributed by atoms with E-state index >= 15 is 0 Å². The summed E-state index contributed by atoms with van der Waals surface area (Å²) in [6.45, 7) is 9.47. The molecule has 28 heavy (non-hydrogen) atoms. The van der Waals surface area contributed by atoms with Crippen molar-refractivity contribution in [2.45, 2.75) is 26.9 Å². The molecule has 1 N–H and O–H groups in total. The lowest BCUT2D eigenvalue weighted by Gasteiger charge is -2.36. The predicted molar refractivity (Wildman–Crippen MR) is 113 cm³/mol. The summed E-state index contributed by atoms with van der Waals surface area (Å²) in [5.74, 6) is 1.57. The average molecular weight is 383 g/mol. The zero-order valence-electron chi connectivity index (χ0n) is 16.9. The van der Waals surface area contributed by atoms with Crippen molar-refractivity contribution in [3.05, 3.63) is 48.5 Å². The lowest BCUT2D eigenvalue weighted by molar-refractivity contribution is 0.208. The molecule has 6 nitrogen and oxygen atoms in total. The molecule has 0 bridgehead atoms. The number of benzene rings is 2. The van der Waals surface area contributed by atoms with Crippen LogP contribution in [0.15, 0.2) is 48.5 Å². The molecule has 0 atom stereocenters. The van der Waals surface area contributed by atoms with E-state index in [1.165, 1.54) is 0 Å². The second kappa shape index (κ2) is 9.35. The van der Waals surface area contributed by atoms with Crippen molar-refractivity contribution < 1.29 is 14.3 Å². The number of nitrogens with zero attached hydrogens (tertiary/aromatic N) is 2. The van der Waals surface area contributed by atoms with Gasteiger partial charge in [0.1, 0.15) is 11.5 Å². The highest BCUT2D eigenvalue weighted by Crippen LogP contribution is 2.25. The standard InChI is InChI=1S/C22H29N3O3/c1-4-27-21-8-6-5-7-20(21)23-22(26)25-15-13-24(14-16-25)18-9-11-19(12-10-18)28-17(2)3/h5-12,17H,4,13-16H2,1-3H3,(H,23,26). The van der Waals surface area contributed by atoms with Gasteiger partial charge in [0, 0.05) is 31.9 Å². The number of hydrogen-bond acceptors (Lipinski definition) is 4. The highest BCUT2D eigenvalue weighted by atomic mass is 16.5. The van der Waals surface area contributed by atoms with Crippen molar-refractivity contribution in [1.29, 1.82) is 0 Å². The van der Waals surface area contributed by atoms with Crippen LogP contribution in [0, 0.1) is 0 Å². The molecule has 2 aromatic carbocycles. The molecule has 2 aromatic rings. The van der Waals surface area contributed by atoms with Gasteiger partial charge in [0.15, 0.2) is 0 Å². The molecular weight excluding hydrogens is 354 g/mol. The van der Waals surface area contributed by atoms with Crippen LogP contribution in [0.1, 0.15) is 20.8 Å². The molecule has 0 aromatic heterocycles. The van der Waals surface area contributed by atoms with E-state index in [2.05, 4.69) is 22.3 Å². The number of nitrogens with one attached hydrogen (secondary N) is 1. The van der Waals surface area contributed by atoms with Gasteiger partial charge in [-0.05, 0) is 57.2 Å². The van der Waals surface area contributed by atoms with Crippen LogP contribution in [-0.4, -0.2) is 49.8 Å². The van der Waals surface area contributed by atoms with Crippen LogP contribution >= 0.6 is 0 Å². The summed E-state index contributed by atoms with van der Waals surface area (Å²) in [7, 11) is 0. The molecular formula is C22H29N3O3. The van der Waals surface area contributed by atoms with E-state index in [0.29, 0.717) is 31.1 Å². The topological polar surface area (TPSA) is 54.0 Å². The normalized spacial score (nSPS) is 14.1. The van der Waals surface area contributed by atoms with E-state index in [4.69, 9.17) is 9.47 Å². The van der Waals surface area contributed by atoms with Crippen molar-refractivity contribution >= 4 is 17.4 Å². The molecule has 3 rings (SSSR count). The van der Waals surface area contributed by atoms with Crippen LogP contribution < -0.4 is 19.7 Å². The zero-order valence-corrected chi connectivity index (χ0v) is 16.9. The van der Waals surface area contributed by atoms with E-state index in [9.17, 15) is 4.79 Å². The maximum Gasteiger partial charge on any atom is 0.322 e. The van der Waals surface area contributed by atoms with Gasteiger partial charge in [0.2, 0.25) is 0 Å². The number of urea groups is 1. The lowest BCUT2D eigenvalue weighted by Crippen LogP contribution is -2.50. The molecule has 1 aliphatic heterocycles. The predicted octanol–water partition coefficient (Wildman–Crippen LogP) is 4.23. The SMILES string of the molecule is CCOc1ccccc1NC(=O)N1CCN(c2ccc(OC(C)C)cc2)CC1. The van der Waals surface area contributed by atoms with Gasteiger partial charge in [0.05, 0.1) is 18.4 Å². The second-order valence-electron chi connectivity index (χ2n) is 6.99. The Bertz CT molecular complexity index is 769. The number of hydrogen-bond donors (Lipinski definition) is 1. The fourth-order valence-electron chi connectivity index (χ4n) is 3.22. The molecule has 0 radical (unpaired) electrons. The van der Waals surface area contributed by atoms with Gasteiger partial charge < -0.3 is 24.6 Å². The molecule has 0 unspecified atom stereocenters. The summed E-state index contributed by atoms with van der Waals surface area (Å²) in [5, 5.41) is 2.97. The maximum absolute atomic E-state index is 12.6. The van der Waals surface area contributed by atoms with E-state index in [-0.39, 0.29) is 12.1 Å². The summed E-state index contributed by atoms with van der Waals surface area (Å²) >= 11 is 0. The smallest absolute Gasteiger partial charge is 0.322 e. The molecule has 1 aliphatic rings. The van der Waals surface area contributed by atoms with Crippen LogP contribution in [0.3, 0.4) is 0 Å². The number of para-hydroxylation sites is 2. The number of ether oxygens (including phenoxy) is 2. The fourth-order valence-corrected chi connectivity index (χ4v) is 3.22. The molecule has 0 spiro atoms. The van der Waals surface area contributed by atoms with Gasteiger partial charge >= 0.3 is 6.03 Å². The van der Waals surface area contributed by atoms with E-state index in [1.807, 2.05) is 62.1 Å². The van der Waals surface area contributed by atoms with E-state index in [1.54, 1.807) is 0 Å². The molecule has 0 aliphatic carbocycles. The fraction of sp³-hybridized carbons (Fsp3) is 0.409. The molecule has 0 saturated carbocycles. The average Bonchev–Trinajstić information content (AvgIpc) is 2.70. The minimum absolute atomic E-state index is 0.0903. The third-order valence-electron chi connectivity index (χ3n) is 4.57. The highest BCUT2D eigenvalue weighted by Gasteiger charge is 2.22. The highest BCUT2D eigenvalue weighted by molar-refractivity contribution is 5.91. The Balaban J connectivity index is 1.54. The van der Waals surface area contributed by atoms with Gasteiger partial charge in [0.25, 0.3) is 0 Å². The first-order chi connectivity index (χ1) is 13.6. The molecule has 1 heterocycles. The summed E-state index contributed by atoms with van der Waals surface area (Å²) in [5.41, 5.74) is 1.86. The van der Waals surface area contributed by atoms with Crippen LogP contribution in [0.2, 0.25) is 0 Å². The Morgan fingerprint density at radius 2 is 1.71 bits per heavy atom. The first-order valence-corrected chi connectivity index (χ1v) is 9.86. The quantitative estimate of drug-likeness (QED) is 0.811. The van der Waals surface area contributed by atoms with Gasteiger partial charge in [-0.25, -0.2) is 4.79 Å². The summed E-state index contributed by atoms with van der Waals surface area (Å²) in [6.07, 6.45) is 0.167. The third-order valence-corrected chi connectivity index (χ3v) is 4.57. The van der Waals surface area contributed by atoms with E-state index < -0.39 is 0 Å². The Kier molecular flexibility index (Phi) is 6.63. The Labute approximate surface area is 167 Å². The summed E-state index contributed by atoms with van der Waals surface area (Å²) < 4.78 is 11.3. The number of anilines is 2. The summed E-state index contributed by atoms with van der Waals surface area (Å²) in [6, 6.07) is 15.6. The van der Waals surface area contributed by atoms with Crippen LogP contribution in [-0.2, 0) is 0 Å². The van der Waals surface area contributed by atoms with Crippen molar-refractivity contribution in [3.63, 3.8) is 0 Å². The molecule has 1 saturated heterocycles. The molecule has 6 heteroatoms. The van der Waals surface area contributed by atoms with Gasteiger partial charge in [-0.1, -0.05) is 12.1 Å². The van der Waals surface area contributed by atoms with Crippen molar-refractivity contribution in [2.75, 3.05) is 43.0 Å². The van der Waals surface area contributed by atoms with Crippen LogP contribution in [0.25, 0.3) is 0 Å². The van der Waals surface area contributed by atoms with Crippen LogP contribution in [0.4, 0.5) is 16.2 Å². The largest absolute Gasteiger partial charge is 0.492 e. The first kappa shape index (κ1) is 19.9. The van der Waals surface area contributed by atoms with Gasteiger partial charge in [-0.3, -0.25) is 0 Å². The zero-order chi connectivity index (χ0) is 19.9.